The first-order valence-electron chi connectivity index (χ1n) is 7.90. The number of hydrogen-bond acceptors (Lipinski definition) is 5. The van der Waals surface area contributed by atoms with Gasteiger partial charge >= 0.3 is 5.97 Å². The van der Waals surface area contributed by atoms with E-state index in [0.717, 1.165) is 11.1 Å². The highest BCUT2D eigenvalue weighted by Crippen LogP contribution is 2.31. The van der Waals surface area contributed by atoms with Crippen LogP contribution in [0, 0.1) is 0 Å². The Labute approximate surface area is 142 Å². The fourth-order valence-electron chi connectivity index (χ4n) is 2.29. The molecule has 0 radical (unpaired) electrons. The molecular formula is C19H23NO4. The van der Waals surface area contributed by atoms with Gasteiger partial charge in [0.2, 0.25) is 0 Å². The Morgan fingerprint density at radius 2 is 1.88 bits per heavy atom. The average molecular weight is 329 g/mol. The van der Waals surface area contributed by atoms with Crippen molar-refractivity contribution in [3.8, 4) is 11.5 Å². The summed E-state index contributed by atoms with van der Waals surface area (Å²) in [6.07, 6.45) is 0.126. The summed E-state index contributed by atoms with van der Waals surface area (Å²) >= 11 is 0. The number of hydrogen-bond donors (Lipinski definition) is 1. The third-order valence-electron chi connectivity index (χ3n) is 3.54. The first-order chi connectivity index (χ1) is 11.6. The van der Waals surface area contributed by atoms with Crippen LogP contribution in [0.4, 0.5) is 0 Å². The number of nitrogens with two attached hydrogens (primary N) is 1. The Morgan fingerprint density at radius 3 is 2.54 bits per heavy atom. The maximum absolute atomic E-state index is 11.5. The molecule has 2 rings (SSSR count). The van der Waals surface area contributed by atoms with E-state index in [9.17, 15) is 4.79 Å². The van der Waals surface area contributed by atoms with Crippen molar-refractivity contribution in [2.24, 2.45) is 5.73 Å². The van der Waals surface area contributed by atoms with Crippen molar-refractivity contribution in [3.05, 3.63) is 59.7 Å². The summed E-state index contributed by atoms with van der Waals surface area (Å²) in [6.45, 7) is 2.57. The molecule has 0 aliphatic heterocycles. The van der Waals surface area contributed by atoms with E-state index in [2.05, 4.69) is 0 Å². The van der Waals surface area contributed by atoms with Gasteiger partial charge in [0.15, 0.2) is 11.5 Å². The summed E-state index contributed by atoms with van der Waals surface area (Å²) in [4.78, 5) is 11.5. The van der Waals surface area contributed by atoms with Crippen LogP contribution in [-0.2, 0) is 16.1 Å². The summed E-state index contributed by atoms with van der Waals surface area (Å²) in [5.41, 5.74) is 7.94. The van der Waals surface area contributed by atoms with Crippen molar-refractivity contribution in [1.82, 2.24) is 0 Å². The molecule has 24 heavy (non-hydrogen) atoms. The lowest BCUT2D eigenvalue weighted by Gasteiger charge is -2.15. The minimum absolute atomic E-state index is 0.126. The Hall–Kier alpha value is -2.53. The molecule has 2 aromatic carbocycles. The molecule has 0 spiro atoms. The molecule has 0 fully saturated rings. The monoisotopic (exact) mass is 329 g/mol. The minimum atomic E-state index is -0.443. The van der Waals surface area contributed by atoms with Crippen LogP contribution in [0.5, 0.6) is 11.5 Å². The van der Waals surface area contributed by atoms with E-state index in [1.54, 1.807) is 20.1 Å². The molecule has 2 aromatic rings. The van der Waals surface area contributed by atoms with Gasteiger partial charge in [-0.3, -0.25) is 4.79 Å². The smallest absolute Gasteiger partial charge is 0.307 e. The molecule has 0 aromatic heterocycles. The maximum atomic E-state index is 11.5. The number of carbonyl (C=O) groups is 1. The quantitative estimate of drug-likeness (QED) is 0.753. The van der Waals surface area contributed by atoms with Crippen LogP contribution < -0.4 is 15.2 Å². The third kappa shape index (κ3) is 4.99. The summed E-state index contributed by atoms with van der Waals surface area (Å²) in [5, 5.41) is 0. The van der Waals surface area contributed by atoms with E-state index in [0.29, 0.717) is 24.7 Å². The van der Waals surface area contributed by atoms with Gasteiger partial charge < -0.3 is 19.9 Å². The molecule has 0 aliphatic carbocycles. The predicted molar refractivity (Wildman–Crippen MR) is 91.9 cm³/mol. The van der Waals surface area contributed by atoms with Gasteiger partial charge in [0.05, 0.1) is 20.1 Å². The molecule has 0 unspecified atom stereocenters. The van der Waals surface area contributed by atoms with Crippen LogP contribution in [0.1, 0.15) is 30.5 Å². The zero-order valence-electron chi connectivity index (χ0n) is 14.0. The number of benzene rings is 2. The Morgan fingerprint density at radius 1 is 1.12 bits per heavy atom. The van der Waals surface area contributed by atoms with Crippen molar-refractivity contribution in [2.45, 2.75) is 26.0 Å². The van der Waals surface area contributed by atoms with E-state index in [1.165, 1.54) is 0 Å². The molecular weight excluding hydrogens is 306 g/mol. The molecule has 0 bridgehead atoms. The minimum Gasteiger partial charge on any atom is -0.493 e. The molecule has 2 N–H and O–H groups in total. The van der Waals surface area contributed by atoms with Gasteiger partial charge in [-0.1, -0.05) is 36.4 Å². The van der Waals surface area contributed by atoms with Crippen LogP contribution in [0.15, 0.2) is 48.5 Å². The lowest BCUT2D eigenvalue weighted by atomic mass is 10.0. The molecule has 128 valence electrons. The second-order valence-electron chi connectivity index (χ2n) is 5.30. The molecule has 0 amide bonds. The number of carbonyl (C=O) groups excluding carboxylic acids is 1. The molecule has 0 saturated heterocycles. The van der Waals surface area contributed by atoms with Crippen LogP contribution >= 0.6 is 0 Å². The Kier molecular flexibility index (Phi) is 6.63. The number of methoxy groups -OCH3 is 1. The zero-order valence-corrected chi connectivity index (χ0v) is 14.0. The second kappa shape index (κ2) is 8.93. The van der Waals surface area contributed by atoms with Gasteiger partial charge in [-0.2, -0.15) is 0 Å². The van der Waals surface area contributed by atoms with Crippen molar-refractivity contribution < 1.29 is 19.0 Å². The van der Waals surface area contributed by atoms with Crippen molar-refractivity contribution in [2.75, 3.05) is 13.7 Å². The van der Waals surface area contributed by atoms with E-state index in [-0.39, 0.29) is 12.4 Å². The predicted octanol–water partition coefficient (Wildman–Crippen LogP) is 3.23. The van der Waals surface area contributed by atoms with Gasteiger partial charge in [0.25, 0.3) is 0 Å². The maximum Gasteiger partial charge on any atom is 0.307 e. The summed E-state index contributed by atoms with van der Waals surface area (Å²) in [5.74, 6) is 0.907. The number of rotatable bonds is 8. The fraction of sp³-hybridized carbons (Fsp3) is 0.316. The zero-order chi connectivity index (χ0) is 17.4. The van der Waals surface area contributed by atoms with Crippen molar-refractivity contribution in [1.29, 1.82) is 0 Å². The normalized spacial score (nSPS) is 11.6. The summed E-state index contributed by atoms with van der Waals surface area (Å²) < 4.78 is 16.1. The van der Waals surface area contributed by atoms with Crippen LogP contribution in [-0.4, -0.2) is 19.7 Å². The number of esters is 1. The largest absolute Gasteiger partial charge is 0.493 e. The van der Waals surface area contributed by atoms with Crippen LogP contribution in [0.25, 0.3) is 0 Å². The Bertz CT molecular complexity index is 658. The highest BCUT2D eigenvalue weighted by atomic mass is 16.5. The molecule has 5 heteroatoms. The van der Waals surface area contributed by atoms with Gasteiger partial charge in [-0.25, -0.2) is 0 Å². The van der Waals surface area contributed by atoms with Crippen LogP contribution in [0.2, 0.25) is 0 Å². The highest BCUT2D eigenvalue weighted by Gasteiger charge is 2.15. The fourth-order valence-corrected chi connectivity index (χ4v) is 2.29. The lowest BCUT2D eigenvalue weighted by molar-refractivity contribution is -0.143. The standard InChI is InChI=1S/C19H23NO4/c1-3-23-19(21)12-16(20)15-9-10-17(18(11-15)22-2)24-13-14-7-5-4-6-8-14/h4-11,16H,3,12-13,20H2,1-2H3/t16-/m1/s1. The van der Waals surface area contributed by atoms with E-state index in [4.69, 9.17) is 19.9 Å². The van der Waals surface area contributed by atoms with Gasteiger partial charge in [-0.15, -0.1) is 0 Å². The van der Waals surface area contributed by atoms with Gasteiger partial charge in [0.1, 0.15) is 6.61 Å². The summed E-state index contributed by atoms with van der Waals surface area (Å²) in [6, 6.07) is 14.9. The van der Waals surface area contributed by atoms with E-state index in [1.807, 2.05) is 42.5 Å². The lowest BCUT2D eigenvalue weighted by Crippen LogP contribution is -2.17. The molecule has 0 saturated carbocycles. The van der Waals surface area contributed by atoms with E-state index >= 15 is 0 Å². The van der Waals surface area contributed by atoms with E-state index < -0.39 is 6.04 Å². The van der Waals surface area contributed by atoms with Gasteiger partial charge in [0, 0.05) is 6.04 Å². The number of ether oxygens (including phenoxy) is 3. The second-order valence-corrected chi connectivity index (χ2v) is 5.30. The SMILES string of the molecule is CCOC(=O)C[C@@H](N)c1ccc(OCc2ccccc2)c(OC)c1. The first-order valence-corrected chi connectivity index (χ1v) is 7.90. The third-order valence-corrected chi connectivity index (χ3v) is 3.54. The van der Waals surface area contributed by atoms with Gasteiger partial charge in [-0.05, 0) is 30.2 Å². The topological polar surface area (TPSA) is 70.8 Å². The molecule has 5 nitrogen and oxygen atoms in total. The van der Waals surface area contributed by atoms with Crippen molar-refractivity contribution in [3.63, 3.8) is 0 Å². The Balaban J connectivity index is 2.05. The van der Waals surface area contributed by atoms with Crippen LogP contribution in [0.3, 0.4) is 0 Å². The average Bonchev–Trinajstić information content (AvgIpc) is 2.60. The molecule has 0 heterocycles. The molecule has 0 aliphatic rings. The highest BCUT2D eigenvalue weighted by molar-refractivity contribution is 5.70. The molecule has 1 atom stereocenters. The summed E-state index contributed by atoms with van der Waals surface area (Å²) in [7, 11) is 1.57. The van der Waals surface area contributed by atoms with Crippen molar-refractivity contribution >= 4 is 5.97 Å². The first kappa shape index (κ1) is 17.8.